The molecule has 0 radical (unpaired) electrons. The molecule has 0 aromatic heterocycles. The number of hydrogen-bond acceptors (Lipinski definition) is 2. The van der Waals surface area contributed by atoms with E-state index in [1.807, 2.05) is 6.92 Å². The van der Waals surface area contributed by atoms with Crippen LogP contribution in [0.1, 0.15) is 97.8 Å². The van der Waals surface area contributed by atoms with Crippen molar-refractivity contribution in [1.82, 2.24) is 0 Å². The predicted molar refractivity (Wildman–Crippen MR) is 99.5 cm³/mol. The minimum absolute atomic E-state index is 0.174. The van der Waals surface area contributed by atoms with Crippen LogP contribution in [0.5, 0.6) is 0 Å². The summed E-state index contributed by atoms with van der Waals surface area (Å²) in [7, 11) is 0. The smallest absolute Gasteiger partial charge is 0.0654 e. The summed E-state index contributed by atoms with van der Waals surface area (Å²) >= 11 is 0. The number of aliphatic hydroxyl groups excluding tert-OH is 1. The molecule has 0 unspecified atom stereocenters. The minimum atomic E-state index is -0.592. The Labute approximate surface area is 144 Å². The second kappa shape index (κ2) is 11.3. The van der Waals surface area contributed by atoms with Crippen molar-refractivity contribution < 1.29 is 10.2 Å². The van der Waals surface area contributed by atoms with Gasteiger partial charge in [-0.25, -0.2) is 0 Å². The predicted octanol–water partition coefficient (Wildman–Crippen LogP) is 5.62. The van der Waals surface area contributed by atoms with Crippen LogP contribution in [0.2, 0.25) is 0 Å². The normalized spacial score (nSPS) is 27.6. The molecule has 0 bridgehead atoms. The summed E-state index contributed by atoms with van der Waals surface area (Å²) in [5, 5.41) is 20.6. The van der Waals surface area contributed by atoms with E-state index >= 15 is 0 Å². The molecule has 2 N–H and O–H groups in total. The standard InChI is InChI=1S/C21H40O2/c1-4-6-8-9-10-12-18-14-15-20(22)19(18)13-11-17-21(3,23)16-7-5-2/h11,13,18-20,22-23H,4-10,12,14-17H2,1-3H3/t18-,19+,20+,21-/m0/s1. The molecular formula is C21H40O2. The summed E-state index contributed by atoms with van der Waals surface area (Å²) in [5.41, 5.74) is -0.592. The van der Waals surface area contributed by atoms with Crippen LogP contribution >= 0.6 is 0 Å². The molecule has 1 fully saturated rings. The first-order valence-electron chi connectivity index (χ1n) is 10.1. The summed E-state index contributed by atoms with van der Waals surface area (Å²) in [4.78, 5) is 0. The van der Waals surface area contributed by atoms with Crippen LogP contribution in [0.25, 0.3) is 0 Å². The highest BCUT2D eigenvalue weighted by Gasteiger charge is 2.32. The van der Waals surface area contributed by atoms with E-state index in [4.69, 9.17) is 0 Å². The second-order valence-corrected chi connectivity index (χ2v) is 7.92. The molecular weight excluding hydrogens is 284 g/mol. The van der Waals surface area contributed by atoms with E-state index in [-0.39, 0.29) is 6.10 Å². The number of hydrogen-bond donors (Lipinski definition) is 2. The zero-order valence-corrected chi connectivity index (χ0v) is 15.8. The van der Waals surface area contributed by atoms with Gasteiger partial charge in [-0.1, -0.05) is 70.9 Å². The molecule has 2 heteroatoms. The summed E-state index contributed by atoms with van der Waals surface area (Å²) in [5.74, 6) is 0.951. The Kier molecular flexibility index (Phi) is 10.1. The van der Waals surface area contributed by atoms with Gasteiger partial charge in [0.2, 0.25) is 0 Å². The Morgan fingerprint density at radius 2 is 1.70 bits per heavy atom. The van der Waals surface area contributed by atoms with E-state index in [0.29, 0.717) is 18.3 Å². The molecule has 4 atom stereocenters. The van der Waals surface area contributed by atoms with E-state index in [0.717, 1.165) is 32.1 Å². The van der Waals surface area contributed by atoms with Crippen molar-refractivity contribution >= 4 is 0 Å². The quantitative estimate of drug-likeness (QED) is 0.361. The van der Waals surface area contributed by atoms with Crippen molar-refractivity contribution in [1.29, 1.82) is 0 Å². The molecule has 0 saturated heterocycles. The number of aliphatic hydroxyl groups is 2. The molecule has 0 aromatic rings. The van der Waals surface area contributed by atoms with Crippen LogP contribution in [0.4, 0.5) is 0 Å². The average molecular weight is 325 g/mol. The Morgan fingerprint density at radius 1 is 1.00 bits per heavy atom. The minimum Gasteiger partial charge on any atom is -0.393 e. The van der Waals surface area contributed by atoms with Crippen molar-refractivity contribution in [2.75, 3.05) is 0 Å². The topological polar surface area (TPSA) is 40.5 Å². The van der Waals surface area contributed by atoms with Gasteiger partial charge in [-0.3, -0.25) is 0 Å². The molecule has 1 saturated carbocycles. The maximum absolute atomic E-state index is 10.4. The van der Waals surface area contributed by atoms with Crippen LogP contribution < -0.4 is 0 Å². The highest BCUT2D eigenvalue weighted by molar-refractivity contribution is 5.01. The maximum Gasteiger partial charge on any atom is 0.0654 e. The molecule has 0 spiro atoms. The summed E-state index contributed by atoms with van der Waals surface area (Å²) in [6.07, 6.45) is 17.9. The zero-order chi connectivity index (χ0) is 17.1. The van der Waals surface area contributed by atoms with Crippen LogP contribution in [0.3, 0.4) is 0 Å². The van der Waals surface area contributed by atoms with E-state index < -0.39 is 5.60 Å². The Bertz CT molecular complexity index is 322. The first-order valence-corrected chi connectivity index (χ1v) is 10.1. The van der Waals surface area contributed by atoms with Gasteiger partial charge in [0.05, 0.1) is 11.7 Å². The SMILES string of the molecule is CCCCCCC[C@H]1CC[C@@H](O)[C@@H]1C=CC[C@@](C)(O)CCCC. The van der Waals surface area contributed by atoms with Crippen molar-refractivity contribution in [2.24, 2.45) is 11.8 Å². The van der Waals surface area contributed by atoms with Crippen molar-refractivity contribution in [3.05, 3.63) is 12.2 Å². The van der Waals surface area contributed by atoms with Gasteiger partial charge in [0.1, 0.15) is 0 Å². The molecule has 0 heterocycles. The molecule has 0 aliphatic heterocycles. The molecule has 1 aliphatic carbocycles. The first kappa shape index (κ1) is 20.7. The van der Waals surface area contributed by atoms with Gasteiger partial charge >= 0.3 is 0 Å². The van der Waals surface area contributed by atoms with E-state index in [2.05, 4.69) is 26.0 Å². The summed E-state index contributed by atoms with van der Waals surface area (Å²) < 4.78 is 0. The van der Waals surface area contributed by atoms with Crippen molar-refractivity contribution in [3.8, 4) is 0 Å². The van der Waals surface area contributed by atoms with E-state index in [1.165, 1.54) is 38.5 Å². The van der Waals surface area contributed by atoms with Crippen LogP contribution in [-0.4, -0.2) is 21.9 Å². The molecule has 2 nitrogen and oxygen atoms in total. The monoisotopic (exact) mass is 324 g/mol. The van der Waals surface area contributed by atoms with Gasteiger partial charge < -0.3 is 10.2 Å². The first-order chi connectivity index (χ1) is 11.0. The lowest BCUT2D eigenvalue weighted by molar-refractivity contribution is 0.0513. The van der Waals surface area contributed by atoms with Crippen LogP contribution in [0.15, 0.2) is 12.2 Å². The zero-order valence-electron chi connectivity index (χ0n) is 15.8. The molecule has 136 valence electrons. The third-order valence-electron chi connectivity index (χ3n) is 5.49. The Balaban J connectivity index is 2.37. The lowest BCUT2D eigenvalue weighted by atomic mass is 9.88. The van der Waals surface area contributed by atoms with Gasteiger partial charge in [0.25, 0.3) is 0 Å². The molecule has 1 rings (SSSR count). The fraction of sp³-hybridized carbons (Fsp3) is 0.905. The fourth-order valence-electron chi connectivity index (χ4n) is 3.85. The van der Waals surface area contributed by atoms with Crippen molar-refractivity contribution in [2.45, 2.75) is 110 Å². The second-order valence-electron chi connectivity index (χ2n) is 7.92. The third kappa shape index (κ3) is 8.35. The molecule has 1 aliphatic rings. The van der Waals surface area contributed by atoms with Crippen molar-refractivity contribution in [3.63, 3.8) is 0 Å². The molecule has 0 aromatic carbocycles. The molecule has 0 amide bonds. The molecule has 23 heavy (non-hydrogen) atoms. The van der Waals surface area contributed by atoms with E-state index in [9.17, 15) is 10.2 Å². The average Bonchev–Trinajstić information content (AvgIpc) is 2.86. The largest absolute Gasteiger partial charge is 0.393 e. The number of rotatable bonds is 12. The van der Waals surface area contributed by atoms with Gasteiger partial charge in [-0.15, -0.1) is 0 Å². The van der Waals surface area contributed by atoms with Crippen LogP contribution in [-0.2, 0) is 0 Å². The van der Waals surface area contributed by atoms with Gasteiger partial charge in [-0.2, -0.15) is 0 Å². The summed E-state index contributed by atoms with van der Waals surface area (Å²) in [6, 6.07) is 0. The highest BCUT2D eigenvalue weighted by atomic mass is 16.3. The summed E-state index contributed by atoms with van der Waals surface area (Å²) in [6.45, 7) is 6.35. The van der Waals surface area contributed by atoms with Gasteiger partial charge in [0, 0.05) is 5.92 Å². The lowest BCUT2D eigenvalue weighted by Crippen LogP contribution is -2.23. The maximum atomic E-state index is 10.4. The van der Waals surface area contributed by atoms with Gasteiger partial charge in [0.15, 0.2) is 0 Å². The Morgan fingerprint density at radius 3 is 2.39 bits per heavy atom. The third-order valence-corrected chi connectivity index (χ3v) is 5.49. The van der Waals surface area contributed by atoms with Gasteiger partial charge in [-0.05, 0) is 44.9 Å². The van der Waals surface area contributed by atoms with E-state index in [1.54, 1.807) is 0 Å². The number of unbranched alkanes of at least 4 members (excludes halogenated alkanes) is 5. The van der Waals surface area contributed by atoms with Crippen LogP contribution in [0, 0.1) is 11.8 Å². The highest BCUT2D eigenvalue weighted by Crippen LogP contribution is 2.37. The fourth-order valence-corrected chi connectivity index (χ4v) is 3.85. The lowest BCUT2D eigenvalue weighted by Gasteiger charge is -2.22. The Hall–Kier alpha value is -0.340.